The summed E-state index contributed by atoms with van der Waals surface area (Å²) < 4.78 is 0.571. The summed E-state index contributed by atoms with van der Waals surface area (Å²) in [6.45, 7) is 13.8. The Balaban J connectivity index is 2.23. The molecule has 2 aromatic rings. The lowest BCUT2D eigenvalue weighted by molar-refractivity contribution is -0.605. The van der Waals surface area contributed by atoms with Gasteiger partial charge in [0.2, 0.25) is 23.6 Å². The number of hydrogen-bond donors (Lipinski definition) is 5. The summed E-state index contributed by atoms with van der Waals surface area (Å²) in [5.41, 5.74) is 1.22. The molecule has 0 fully saturated rings. The fraction of sp³-hybridized carbons (Fsp3) is 0.568. The first-order valence-electron chi connectivity index (χ1n) is 17.6. The van der Waals surface area contributed by atoms with Crippen LogP contribution in [0.5, 0.6) is 0 Å². The zero-order chi connectivity index (χ0) is 37.4. The first kappa shape index (κ1) is 41.7. The third-order valence-corrected chi connectivity index (χ3v) is 8.39. The highest BCUT2D eigenvalue weighted by atomic mass is 16.5. The Morgan fingerprint density at radius 1 is 0.840 bits per heavy atom. The zero-order valence-corrected chi connectivity index (χ0v) is 30.8. The molecule has 5 amide bonds. The Morgan fingerprint density at radius 3 is 2.04 bits per heavy atom. The fourth-order valence-corrected chi connectivity index (χ4v) is 5.55. The summed E-state index contributed by atoms with van der Waals surface area (Å²) in [6, 6.07) is 8.89. The molecular formula is C37H57N7O6. The molecule has 5 atom stereocenters. The van der Waals surface area contributed by atoms with Crippen molar-refractivity contribution >= 4 is 29.5 Å². The first-order chi connectivity index (χ1) is 23.7. The molecule has 13 heteroatoms. The van der Waals surface area contributed by atoms with Crippen molar-refractivity contribution in [2.45, 2.75) is 104 Å². The molecule has 1 aromatic carbocycles. The SMILES string of the molecule is CCC[C@@H](C(=O)N[C@H](CN[C@@H](C)C(=O)N[C@H](C(=O)NCC)C(C)C)Cc1ccccc1)N(C)C(=O)[C@H](CC(C)C)NC(=O)c1cc[n+]([O-])cc1. The number of carbonyl (C=O) groups is 5. The molecule has 0 aliphatic carbocycles. The number of carbonyl (C=O) groups excluding carboxylic acids is 5. The topological polar surface area (TPSA) is 176 Å². The van der Waals surface area contributed by atoms with Gasteiger partial charge in [-0.3, -0.25) is 24.0 Å². The maximum atomic E-state index is 14.0. The van der Waals surface area contributed by atoms with Gasteiger partial charge in [0.05, 0.1) is 11.6 Å². The molecule has 2 rings (SSSR count). The van der Waals surface area contributed by atoms with Crippen molar-refractivity contribution < 1.29 is 28.7 Å². The van der Waals surface area contributed by atoms with Crippen molar-refractivity contribution in [1.29, 1.82) is 0 Å². The van der Waals surface area contributed by atoms with Gasteiger partial charge in [-0.05, 0) is 50.5 Å². The Labute approximate surface area is 296 Å². The van der Waals surface area contributed by atoms with Gasteiger partial charge >= 0.3 is 0 Å². The van der Waals surface area contributed by atoms with Gasteiger partial charge in [0.25, 0.3) is 5.91 Å². The lowest BCUT2D eigenvalue weighted by atomic mass is 10.00. The average molecular weight is 696 g/mol. The highest BCUT2D eigenvalue weighted by Crippen LogP contribution is 2.14. The molecule has 13 nitrogen and oxygen atoms in total. The number of rotatable bonds is 20. The monoisotopic (exact) mass is 695 g/mol. The fourth-order valence-electron chi connectivity index (χ4n) is 5.55. The Morgan fingerprint density at radius 2 is 1.48 bits per heavy atom. The predicted octanol–water partition coefficient (Wildman–Crippen LogP) is 2.07. The maximum Gasteiger partial charge on any atom is 0.252 e. The third kappa shape index (κ3) is 13.4. The van der Waals surface area contributed by atoms with E-state index < -0.39 is 42.0 Å². The van der Waals surface area contributed by atoms with Crippen LogP contribution in [0.4, 0.5) is 0 Å². The lowest BCUT2D eigenvalue weighted by Gasteiger charge is -2.33. The van der Waals surface area contributed by atoms with Crippen LogP contribution in [-0.2, 0) is 25.6 Å². The first-order valence-corrected chi connectivity index (χ1v) is 17.6. The van der Waals surface area contributed by atoms with Crippen LogP contribution >= 0.6 is 0 Å². The molecule has 0 bridgehead atoms. The van der Waals surface area contributed by atoms with Gasteiger partial charge in [-0.25, -0.2) is 0 Å². The van der Waals surface area contributed by atoms with Crippen LogP contribution in [-0.4, -0.2) is 84.8 Å². The van der Waals surface area contributed by atoms with Crippen LogP contribution < -0.4 is 31.3 Å². The van der Waals surface area contributed by atoms with Crippen molar-refractivity contribution in [3.8, 4) is 0 Å². The van der Waals surface area contributed by atoms with Crippen LogP contribution in [0.15, 0.2) is 54.9 Å². The number of aromatic nitrogens is 1. The highest BCUT2D eigenvalue weighted by Gasteiger charge is 2.33. The van der Waals surface area contributed by atoms with Crippen LogP contribution in [0.25, 0.3) is 0 Å². The number of pyridine rings is 1. The molecule has 0 saturated carbocycles. The second kappa shape index (κ2) is 20.9. The van der Waals surface area contributed by atoms with E-state index in [1.807, 2.05) is 71.9 Å². The lowest BCUT2D eigenvalue weighted by Crippen LogP contribution is -2.58. The predicted molar refractivity (Wildman–Crippen MR) is 193 cm³/mol. The minimum absolute atomic E-state index is 0.0630. The van der Waals surface area contributed by atoms with E-state index in [2.05, 4.69) is 26.6 Å². The quantitative estimate of drug-likeness (QED) is 0.104. The Kier molecular flexibility index (Phi) is 17.4. The van der Waals surface area contributed by atoms with Crippen LogP contribution in [0, 0.1) is 17.0 Å². The van der Waals surface area contributed by atoms with Gasteiger partial charge in [0.1, 0.15) is 18.1 Å². The molecule has 50 heavy (non-hydrogen) atoms. The number of likely N-dealkylation sites (N-methyl/N-ethyl adjacent to an activating group) is 2. The standard InChI is InChI=1S/C37H57N7O6/c1-9-14-31(43(8)37(49)30(21-24(3)4)41-34(46)28-17-19-44(50)20-18-28)35(47)40-29(22-27-15-12-11-13-16-27)23-39-26(7)33(45)42-32(25(5)6)36(48)38-10-2/h11-13,15-20,24-26,29-32,39H,9-10,14,21-23H2,1-8H3,(H,38,48)(H,40,47)(H,41,46)(H,42,45)/t26-,29-,30-,31-,32-/m0/s1. The van der Waals surface area contributed by atoms with Crippen molar-refractivity contribution in [2.24, 2.45) is 11.8 Å². The molecule has 1 heterocycles. The Hall–Kier alpha value is -4.52. The van der Waals surface area contributed by atoms with E-state index in [0.717, 1.165) is 5.56 Å². The largest absolute Gasteiger partial charge is 0.619 e. The van der Waals surface area contributed by atoms with E-state index in [4.69, 9.17) is 0 Å². The van der Waals surface area contributed by atoms with Crippen molar-refractivity contribution in [2.75, 3.05) is 20.1 Å². The number of amides is 5. The number of hydrogen-bond acceptors (Lipinski definition) is 7. The molecular weight excluding hydrogens is 638 g/mol. The van der Waals surface area contributed by atoms with Gasteiger partial charge < -0.3 is 36.7 Å². The van der Waals surface area contributed by atoms with E-state index >= 15 is 0 Å². The smallest absolute Gasteiger partial charge is 0.252 e. The highest BCUT2D eigenvalue weighted by molar-refractivity contribution is 5.98. The number of benzene rings is 1. The summed E-state index contributed by atoms with van der Waals surface area (Å²) in [7, 11) is 1.57. The van der Waals surface area contributed by atoms with Crippen molar-refractivity contribution in [3.05, 3.63) is 71.2 Å². The zero-order valence-electron chi connectivity index (χ0n) is 30.8. The van der Waals surface area contributed by atoms with E-state index in [1.54, 1.807) is 14.0 Å². The maximum absolute atomic E-state index is 14.0. The summed E-state index contributed by atoms with van der Waals surface area (Å²) in [4.78, 5) is 67.9. The van der Waals surface area contributed by atoms with Gasteiger partial charge in [-0.2, -0.15) is 4.73 Å². The molecule has 1 aromatic heterocycles. The van der Waals surface area contributed by atoms with Crippen molar-refractivity contribution in [3.63, 3.8) is 0 Å². The minimum atomic E-state index is -0.894. The van der Waals surface area contributed by atoms with Gasteiger partial charge in [0.15, 0.2) is 12.4 Å². The summed E-state index contributed by atoms with van der Waals surface area (Å²) in [5, 5.41) is 26.2. The van der Waals surface area contributed by atoms with Gasteiger partial charge in [-0.1, -0.05) is 71.4 Å². The molecule has 0 saturated heterocycles. The molecule has 276 valence electrons. The summed E-state index contributed by atoms with van der Waals surface area (Å²) >= 11 is 0. The van der Waals surface area contributed by atoms with Crippen LogP contribution in [0.3, 0.4) is 0 Å². The summed E-state index contributed by atoms with van der Waals surface area (Å²) in [5.74, 6) is -1.88. The molecule has 5 N–H and O–H groups in total. The molecule has 0 spiro atoms. The van der Waals surface area contributed by atoms with E-state index in [-0.39, 0.29) is 41.7 Å². The van der Waals surface area contributed by atoms with Gasteiger partial charge in [-0.15, -0.1) is 0 Å². The Bertz CT molecular complexity index is 1390. The third-order valence-electron chi connectivity index (χ3n) is 8.39. The van der Waals surface area contributed by atoms with Crippen LogP contribution in [0.2, 0.25) is 0 Å². The molecule has 0 unspecified atom stereocenters. The number of nitrogens with zero attached hydrogens (tertiary/aromatic N) is 2. The average Bonchev–Trinajstić information content (AvgIpc) is 3.07. The molecule has 0 aliphatic heterocycles. The second-order valence-corrected chi connectivity index (χ2v) is 13.5. The second-order valence-electron chi connectivity index (χ2n) is 13.5. The normalized spacial score (nSPS) is 14.2. The van der Waals surface area contributed by atoms with Crippen molar-refractivity contribution in [1.82, 2.24) is 31.5 Å². The van der Waals surface area contributed by atoms with E-state index in [9.17, 15) is 29.2 Å². The molecule has 0 radical (unpaired) electrons. The minimum Gasteiger partial charge on any atom is -0.619 e. The van der Waals surface area contributed by atoms with Crippen LogP contribution in [0.1, 0.15) is 83.7 Å². The summed E-state index contributed by atoms with van der Waals surface area (Å²) in [6.07, 6.45) is 4.25. The molecule has 0 aliphatic rings. The van der Waals surface area contributed by atoms with E-state index in [1.165, 1.54) is 29.4 Å². The number of nitrogens with one attached hydrogen (secondary N) is 5. The van der Waals surface area contributed by atoms with E-state index in [0.29, 0.717) is 37.0 Å². The van der Waals surface area contributed by atoms with Gasteiger partial charge in [0, 0.05) is 38.3 Å².